The Kier molecular flexibility index (Phi) is 4.47. The van der Waals surface area contributed by atoms with E-state index in [4.69, 9.17) is 7.85 Å². The maximum absolute atomic E-state index is 5.53. The van der Waals surface area contributed by atoms with Gasteiger partial charge in [0.05, 0.1) is 0 Å². The predicted octanol–water partition coefficient (Wildman–Crippen LogP) is 1.39. The zero-order valence-electron chi connectivity index (χ0n) is 6.44. The summed E-state index contributed by atoms with van der Waals surface area (Å²) in [6, 6.07) is 0. The third-order valence-corrected chi connectivity index (χ3v) is 1.30. The van der Waals surface area contributed by atoms with Gasteiger partial charge in [-0.2, -0.15) is 0 Å². The van der Waals surface area contributed by atoms with Crippen molar-refractivity contribution < 1.29 is 0 Å². The number of rotatable bonds is 2. The maximum atomic E-state index is 5.53. The quantitative estimate of drug-likeness (QED) is 0.480. The van der Waals surface area contributed by atoms with Crippen LogP contribution in [0.25, 0.3) is 0 Å². The second-order valence-electron chi connectivity index (χ2n) is 2.13. The summed E-state index contributed by atoms with van der Waals surface area (Å²) in [6.45, 7) is 8.04. The fraction of sp³-hybridized carbons (Fsp3) is 0.571. The van der Waals surface area contributed by atoms with Gasteiger partial charge < -0.3 is 0 Å². The molecule has 0 rings (SSSR count). The minimum atomic E-state index is 0.856. The van der Waals surface area contributed by atoms with Gasteiger partial charge in [0.1, 0.15) is 0 Å². The van der Waals surface area contributed by atoms with E-state index >= 15 is 0 Å². The van der Waals surface area contributed by atoms with Crippen LogP contribution in [0.15, 0.2) is 11.6 Å². The van der Waals surface area contributed by atoms with E-state index in [9.17, 15) is 0 Å². The molecule has 0 aromatic heterocycles. The molecular formula is C7H12B2. The van der Waals surface area contributed by atoms with Gasteiger partial charge in [0.25, 0.3) is 0 Å². The van der Waals surface area contributed by atoms with Gasteiger partial charge in [0.15, 0.2) is 0 Å². The molecule has 46 valence electrons. The Balaban J connectivity index is 3.95. The molecule has 0 atom stereocenters. The second-order valence-corrected chi connectivity index (χ2v) is 2.13. The van der Waals surface area contributed by atoms with Gasteiger partial charge in [-0.3, -0.25) is 0 Å². The molecule has 2 radical (unpaired) electrons. The average Bonchev–Trinajstić information content (AvgIpc) is 1.87. The van der Waals surface area contributed by atoms with E-state index in [2.05, 4.69) is 13.8 Å². The van der Waals surface area contributed by atoms with Crippen molar-refractivity contribution in [1.29, 1.82) is 0 Å². The summed E-state index contributed by atoms with van der Waals surface area (Å²) in [5.74, 6) is 0. The molecule has 0 amide bonds. The van der Waals surface area contributed by atoms with Gasteiger partial charge >= 0.3 is 58.9 Å². The molecule has 0 saturated carbocycles. The van der Waals surface area contributed by atoms with E-state index in [-0.39, 0.29) is 0 Å². The normalized spacial score (nSPS) is 13.2. The monoisotopic (exact) mass is 118 g/mol. The Hall–Kier alpha value is -0.260. The molecule has 0 aromatic rings. The molecule has 0 heterocycles. The summed E-state index contributed by atoms with van der Waals surface area (Å²) in [4.78, 5) is 0. The van der Waals surface area contributed by atoms with Crippen molar-refractivity contribution in [2.75, 3.05) is 0 Å². The molecule has 0 fully saturated rings. The first kappa shape index (κ1) is 8.74. The number of hydrogen-bond donors (Lipinski definition) is 0. The average molecular weight is 118 g/mol. The Bertz CT molecular complexity index is 134. The molecule has 0 nitrogen and oxygen atoms in total. The van der Waals surface area contributed by atoms with Crippen LogP contribution in [-0.4, -0.2) is 20.1 Å². The molecule has 0 aliphatic rings. The van der Waals surface area contributed by atoms with Crippen molar-refractivity contribution in [2.45, 2.75) is 27.1 Å². The molecular weight excluding hydrogens is 106 g/mol. The van der Waals surface area contributed by atoms with Crippen molar-refractivity contribution in [2.24, 2.45) is 0 Å². The molecule has 0 bridgehead atoms. The molecule has 0 unspecified atom stereocenters. The second kappa shape index (κ2) is 4.60. The van der Waals surface area contributed by atoms with Crippen molar-refractivity contribution in [3.8, 4) is 0 Å². The number of allylic oxidation sites excluding steroid dienone is 2. The first-order valence-electron chi connectivity index (χ1n) is 3.29. The Labute approximate surface area is 59.7 Å². The van der Waals surface area contributed by atoms with Crippen LogP contribution in [0.4, 0.5) is 0 Å². The molecule has 0 N–H and O–H groups in total. The van der Waals surface area contributed by atoms with Crippen LogP contribution in [0.2, 0.25) is 6.82 Å². The van der Waals surface area contributed by atoms with Crippen LogP contribution in [0.3, 0.4) is 0 Å². The van der Waals surface area contributed by atoms with Crippen LogP contribution in [0.1, 0.15) is 20.3 Å². The zero-order valence-corrected chi connectivity index (χ0v) is 6.44. The van der Waals surface area contributed by atoms with Crippen LogP contribution in [-0.2, 0) is 0 Å². The van der Waals surface area contributed by atoms with Gasteiger partial charge in [-0.15, -0.1) is 0 Å². The Morgan fingerprint density at radius 2 is 2.22 bits per heavy atom. The predicted molar refractivity (Wildman–Crippen MR) is 46.4 cm³/mol. The van der Waals surface area contributed by atoms with Crippen LogP contribution >= 0.6 is 0 Å². The summed E-state index contributed by atoms with van der Waals surface area (Å²) in [6.07, 6.45) is 3.08. The summed E-state index contributed by atoms with van der Waals surface area (Å²) in [5, 5.41) is 0.856. The standard InChI is InChI=1S/C7H12B2/c1-4-6(2)5-7(8)9-3/h5H,4H2,1-3H3/b6-5+. The minimum absolute atomic E-state index is 0.856. The molecule has 0 spiro atoms. The zero-order chi connectivity index (χ0) is 7.28. The first-order valence-corrected chi connectivity index (χ1v) is 3.29. The van der Waals surface area contributed by atoms with Crippen molar-refractivity contribution >= 4 is 20.1 Å². The summed E-state index contributed by atoms with van der Waals surface area (Å²) in [5.41, 5.74) is 1.32. The SMILES string of the molecule is [B]C(=BC)/C=C(\C)CC. The van der Waals surface area contributed by atoms with Gasteiger partial charge in [0.2, 0.25) is 0 Å². The molecule has 0 aromatic carbocycles. The Morgan fingerprint density at radius 1 is 1.67 bits per heavy atom. The van der Waals surface area contributed by atoms with Gasteiger partial charge in [-0.1, -0.05) is 0 Å². The third kappa shape index (κ3) is 4.26. The fourth-order valence-electron chi connectivity index (χ4n) is 0.470. The Morgan fingerprint density at radius 3 is 2.56 bits per heavy atom. The van der Waals surface area contributed by atoms with E-state index in [1.54, 1.807) is 0 Å². The summed E-state index contributed by atoms with van der Waals surface area (Å²) < 4.78 is 0. The number of hydrogen-bond acceptors (Lipinski definition) is 0. The van der Waals surface area contributed by atoms with Crippen molar-refractivity contribution in [3.63, 3.8) is 0 Å². The van der Waals surface area contributed by atoms with Gasteiger partial charge in [-0.05, 0) is 0 Å². The third-order valence-electron chi connectivity index (χ3n) is 1.30. The van der Waals surface area contributed by atoms with Crippen molar-refractivity contribution in [3.05, 3.63) is 11.6 Å². The molecule has 0 aliphatic heterocycles. The van der Waals surface area contributed by atoms with E-state index in [1.807, 2.05) is 19.8 Å². The van der Waals surface area contributed by atoms with Crippen LogP contribution in [0.5, 0.6) is 0 Å². The molecule has 2 heteroatoms. The fourth-order valence-corrected chi connectivity index (χ4v) is 0.470. The van der Waals surface area contributed by atoms with Crippen molar-refractivity contribution in [1.82, 2.24) is 0 Å². The topological polar surface area (TPSA) is 0 Å². The van der Waals surface area contributed by atoms with Gasteiger partial charge in [-0.25, -0.2) is 0 Å². The van der Waals surface area contributed by atoms with Gasteiger partial charge in [0, 0.05) is 0 Å². The van der Waals surface area contributed by atoms with E-state index in [1.165, 1.54) is 5.57 Å². The van der Waals surface area contributed by atoms with E-state index < -0.39 is 0 Å². The van der Waals surface area contributed by atoms with E-state index in [0.717, 1.165) is 11.8 Å². The summed E-state index contributed by atoms with van der Waals surface area (Å²) >= 11 is 0. The molecule has 0 saturated heterocycles. The van der Waals surface area contributed by atoms with E-state index in [0.29, 0.717) is 0 Å². The summed E-state index contributed by atoms with van der Waals surface area (Å²) in [7, 11) is 5.53. The first-order chi connectivity index (χ1) is 4.20. The van der Waals surface area contributed by atoms with Crippen LogP contribution in [0, 0.1) is 0 Å². The molecule has 0 aliphatic carbocycles. The molecule has 9 heavy (non-hydrogen) atoms. The van der Waals surface area contributed by atoms with Crippen LogP contribution < -0.4 is 0 Å².